The molecule has 0 bridgehead atoms. The molecule has 1 fully saturated rings. The Morgan fingerprint density at radius 3 is 2.59 bits per heavy atom. The van der Waals surface area contributed by atoms with Crippen LogP contribution in [-0.4, -0.2) is 56.4 Å². The fourth-order valence-corrected chi connectivity index (χ4v) is 4.01. The molecule has 11 heteroatoms. The molecule has 1 aliphatic rings. The predicted octanol–water partition coefficient (Wildman–Crippen LogP) is 3.35. The molecule has 1 unspecified atom stereocenters. The quantitative estimate of drug-likeness (QED) is 0.615. The van der Waals surface area contributed by atoms with E-state index in [1.165, 1.54) is 22.9 Å². The van der Waals surface area contributed by atoms with E-state index >= 15 is 0 Å². The summed E-state index contributed by atoms with van der Waals surface area (Å²) >= 11 is 1.19. The lowest BCUT2D eigenvalue weighted by molar-refractivity contribution is -0.192. The number of carboxylic acids is 1. The van der Waals surface area contributed by atoms with Crippen molar-refractivity contribution in [1.29, 1.82) is 0 Å². The van der Waals surface area contributed by atoms with E-state index in [1.807, 2.05) is 29.2 Å². The first kappa shape index (κ1) is 23.6. The van der Waals surface area contributed by atoms with Gasteiger partial charge in [-0.2, -0.15) is 21.9 Å². The van der Waals surface area contributed by atoms with E-state index in [-0.39, 0.29) is 11.9 Å². The van der Waals surface area contributed by atoms with Gasteiger partial charge < -0.3 is 15.3 Å². The van der Waals surface area contributed by atoms with E-state index < -0.39 is 12.1 Å². The number of nitrogens with one attached hydrogen (secondary N) is 1. The summed E-state index contributed by atoms with van der Waals surface area (Å²) < 4.78 is 40.3. The molecule has 7 nitrogen and oxygen atoms in total. The molecule has 3 aromatic rings. The van der Waals surface area contributed by atoms with Crippen LogP contribution in [0.4, 0.5) is 13.2 Å². The number of nitrogens with zero attached hydrogens (tertiary/aromatic N) is 3. The lowest BCUT2D eigenvalue weighted by atomic mass is 9.99. The third kappa shape index (κ3) is 5.80. The van der Waals surface area contributed by atoms with Crippen molar-refractivity contribution < 1.29 is 27.9 Å². The fraction of sp³-hybridized carbons (Fsp3) is 0.333. The van der Waals surface area contributed by atoms with Crippen molar-refractivity contribution >= 4 is 34.6 Å². The van der Waals surface area contributed by atoms with E-state index in [9.17, 15) is 18.0 Å². The average molecular weight is 466 g/mol. The number of aromatic nitrogens is 2. The molecule has 2 N–H and O–H groups in total. The summed E-state index contributed by atoms with van der Waals surface area (Å²) in [6, 6.07) is 14.4. The van der Waals surface area contributed by atoms with Gasteiger partial charge in [-0.25, -0.2) is 4.79 Å². The maximum absolute atomic E-state index is 12.8. The Bertz CT molecular complexity index is 1100. The summed E-state index contributed by atoms with van der Waals surface area (Å²) in [5.74, 6) is -2.60. The van der Waals surface area contributed by atoms with Crippen LogP contribution >= 0.6 is 11.7 Å². The number of benzene rings is 2. The molecule has 1 amide bonds. The molecule has 32 heavy (non-hydrogen) atoms. The van der Waals surface area contributed by atoms with E-state index in [4.69, 9.17) is 9.90 Å². The van der Waals surface area contributed by atoms with E-state index in [1.54, 1.807) is 0 Å². The van der Waals surface area contributed by atoms with Gasteiger partial charge >= 0.3 is 12.1 Å². The molecule has 0 spiro atoms. The molecule has 2 heterocycles. The largest absolute Gasteiger partial charge is 0.490 e. The summed E-state index contributed by atoms with van der Waals surface area (Å²) in [5.41, 5.74) is 5.21. The molecule has 0 radical (unpaired) electrons. The second-order valence-electron chi connectivity index (χ2n) is 7.23. The summed E-state index contributed by atoms with van der Waals surface area (Å²) in [5, 5.41) is 10.7. The van der Waals surface area contributed by atoms with Gasteiger partial charge in [0.1, 0.15) is 11.0 Å². The van der Waals surface area contributed by atoms with Gasteiger partial charge in [0, 0.05) is 19.6 Å². The van der Waals surface area contributed by atoms with Crippen molar-refractivity contribution in [1.82, 2.24) is 19.0 Å². The lowest BCUT2D eigenvalue weighted by Crippen LogP contribution is -2.48. The number of fused-ring (bicyclic) bond motifs is 1. The SMILES string of the molecule is Cc1ccccc1C1CN(C(=O)Cc2cccc3nsnc23)CCN1.O=C(O)C(F)(F)F. The van der Waals surface area contributed by atoms with Crippen molar-refractivity contribution in [2.75, 3.05) is 19.6 Å². The van der Waals surface area contributed by atoms with Crippen molar-refractivity contribution in [3.8, 4) is 0 Å². The number of carbonyl (C=O) groups is 2. The van der Waals surface area contributed by atoms with E-state index in [0.29, 0.717) is 13.0 Å². The number of aryl methyl sites for hydroxylation is 1. The van der Waals surface area contributed by atoms with Crippen LogP contribution in [0.5, 0.6) is 0 Å². The highest BCUT2D eigenvalue weighted by Crippen LogP contribution is 2.22. The Kier molecular flexibility index (Phi) is 7.41. The second kappa shape index (κ2) is 10.0. The van der Waals surface area contributed by atoms with Crippen molar-refractivity contribution in [3.63, 3.8) is 0 Å². The average Bonchev–Trinajstić information content (AvgIpc) is 3.24. The topological polar surface area (TPSA) is 95.4 Å². The Labute approximate surface area is 186 Å². The summed E-state index contributed by atoms with van der Waals surface area (Å²) in [6.07, 6.45) is -4.71. The van der Waals surface area contributed by atoms with Crippen LogP contribution in [0.25, 0.3) is 11.0 Å². The number of aliphatic carboxylic acids is 1. The molecule has 1 aliphatic heterocycles. The highest BCUT2D eigenvalue weighted by Gasteiger charge is 2.38. The van der Waals surface area contributed by atoms with Crippen LogP contribution in [-0.2, 0) is 16.0 Å². The zero-order valence-electron chi connectivity index (χ0n) is 17.1. The van der Waals surface area contributed by atoms with Crippen molar-refractivity contribution in [3.05, 3.63) is 59.2 Å². The Balaban J connectivity index is 0.000000360. The van der Waals surface area contributed by atoms with Crippen LogP contribution in [0.1, 0.15) is 22.7 Å². The van der Waals surface area contributed by atoms with Gasteiger partial charge in [-0.1, -0.05) is 36.4 Å². The predicted molar refractivity (Wildman–Crippen MR) is 113 cm³/mol. The Hall–Kier alpha value is -3.05. The van der Waals surface area contributed by atoms with Gasteiger partial charge in [0.15, 0.2) is 0 Å². The first-order valence-corrected chi connectivity index (χ1v) is 10.5. The molecule has 0 saturated carbocycles. The number of rotatable bonds is 3. The minimum absolute atomic E-state index is 0.153. The first-order valence-electron chi connectivity index (χ1n) is 9.73. The Morgan fingerprint density at radius 1 is 1.19 bits per heavy atom. The maximum Gasteiger partial charge on any atom is 0.490 e. The van der Waals surface area contributed by atoms with Gasteiger partial charge in [-0.3, -0.25) is 4.79 Å². The smallest absolute Gasteiger partial charge is 0.475 e. The third-order valence-electron chi connectivity index (χ3n) is 5.05. The molecule has 1 saturated heterocycles. The maximum atomic E-state index is 12.8. The summed E-state index contributed by atoms with van der Waals surface area (Å²) in [4.78, 5) is 23.7. The standard InChI is InChI=1S/C19H20N4OS.C2HF3O2/c1-13-5-2-3-7-15(13)17-12-23(10-9-20-17)18(24)11-14-6-4-8-16-19(14)22-25-21-16;3-2(4,5)1(6)7/h2-8,17,20H,9-12H2,1H3;(H,6,7). The van der Waals surface area contributed by atoms with Crippen LogP contribution in [0, 0.1) is 6.92 Å². The minimum Gasteiger partial charge on any atom is -0.475 e. The number of carboxylic acid groups (broad SMARTS) is 1. The van der Waals surface area contributed by atoms with Gasteiger partial charge in [0.2, 0.25) is 5.91 Å². The molecule has 0 aliphatic carbocycles. The van der Waals surface area contributed by atoms with Crippen LogP contribution < -0.4 is 5.32 Å². The Morgan fingerprint density at radius 2 is 1.91 bits per heavy atom. The van der Waals surface area contributed by atoms with Crippen molar-refractivity contribution in [2.45, 2.75) is 25.6 Å². The van der Waals surface area contributed by atoms with Crippen LogP contribution in [0.15, 0.2) is 42.5 Å². The number of hydrogen-bond donors (Lipinski definition) is 2. The van der Waals surface area contributed by atoms with E-state index in [2.05, 4.69) is 39.2 Å². The highest BCUT2D eigenvalue weighted by molar-refractivity contribution is 7.00. The highest BCUT2D eigenvalue weighted by atomic mass is 32.1. The van der Waals surface area contributed by atoms with Gasteiger partial charge in [0.25, 0.3) is 0 Å². The first-order chi connectivity index (χ1) is 15.2. The number of halogens is 3. The fourth-order valence-electron chi connectivity index (χ4n) is 3.44. The lowest BCUT2D eigenvalue weighted by Gasteiger charge is -2.34. The van der Waals surface area contributed by atoms with Crippen LogP contribution in [0.3, 0.4) is 0 Å². The normalized spacial score (nSPS) is 16.4. The summed E-state index contributed by atoms with van der Waals surface area (Å²) in [6.45, 7) is 4.38. The van der Waals surface area contributed by atoms with Crippen LogP contribution in [0.2, 0.25) is 0 Å². The molecule has 170 valence electrons. The number of carbonyl (C=O) groups excluding carboxylic acids is 1. The summed E-state index contributed by atoms with van der Waals surface area (Å²) in [7, 11) is 0. The number of amides is 1. The van der Waals surface area contributed by atoms with E-state index in [0.717, 1.165) is 29.7 Å². The number of piperazine rings is 1. The second-order valence-corrected chi connectivity index (χ2v) is 7.76. The number of hydrogen-bond acceptors (Lipinski definition) is 6. The van der Waals surface area contributed by atoms with Gasteiger partial charge in [-0.15, -0.1) is 0 Å². The molecule has 1 atom stereocenters. The zero-order chi connectivity index (χ0) is 23.3. The van der Waals surface area contributed by atoms with Gasteiger partial charge in [-0.05, 0) is 29.7 Å². The molecular weight excluding hydrogens is 445 g/mol. The van der Waals surface area contributed by atoms with Gasteiger partial charge in [0.05, 0.1) is 24.2 Å². The third-order valence-corrected chi connectivity index (χ3v) is 5.59. The van der Waals surface area contributed by atoms with Crippen molar-refractivity contribution in [2.24, 2.45) is 0 Å². The monoisotopic (exact) mass is 466 g/mol. The number of alkyl halides is 3. The zero-order valence-corrected chi connectivity index (χ0v) is 17.9. The molecule has 1 aromatic heterocycles. The molecule has 2 aromatic carbocycles. The minimum atomic E-state index is -5.08. The molecular formula is C21H21F3N4O3S. The molecule has 4 rings (SSSR count).